The number of fused-ring (bicyclic) bond motifs is 1. The quantitative estimate of drug-likeness (QED) is 0.670. The normalized spacial score (nSPS) is 10.9. The van der Waals surface area contributed by atoms with Crippen LogP contribution in [0.1, 0.15) is 15.9 Å². The summed E-state index contributed by atoms with van der Waals surface area (Å²) >= 11 is 17.1. The van der Waals surface area contributed by atoms with Crippen LogP contribution in [0, 0.1) is 5.82 Å². The van der Waals surface area contributed by atoms with Crippen molar-refractivity contribution in [3.63, 3.8) is 0 Å². The first-order valence-electron chi connectivity index (χ1n) is 4.72. The summed E-state index contributed by atoms with van der Waals surface area (Å²) in [7, 11) is 0. The molecule has 0 spiro atoms. The minimum absolute atomic E-state index is 0.116. The van der Waals surface area contributed by atoms with E-state index in [1.165, 1.54) is 6.07 Å². The van der Waals surface area contributed by atoms with Crippen molar-refractivity contribution in [3.8, 4) is 0 Å². The van der Waals surface area contributed by atoms with E-state index in [2.05, 4.69) is 4.98 Å². The van der Waals surface area contributed by atoms with Crippen LogP contribution in [-0.4, -0.2) is 16.1 Å². The lowest BCUT2D eigenvalue weighted by Gasteiger charge is -2.09. The molecular weight excluding hydrogens is 303 g/mol. The van der Waals surface area contributed by atoms with Gasteiger partial charge in [-0.1, -0.05) is 23.2 Å². The van der Waals surface area contributed by atoms with E-state index in [1.54, 1.807) is 0 Å². The molecule has 0 amide bonds. The van der Waals surface area contributed by atoms with Crippen molar-refractivity contribution in [2.45, 2.75) is 5.88 Å². The summed E-state index contributed by atoms with van der Waals surface area (Å²) < 4.78 is 13.4. The third kappa shape index (κ3) is 2.11. The number of alkyl halides is 1. The van der Waals surface area contributed by atoms with Gasteiger partial charge in [0, 0.05) is 11.3 Å². The van der Waals surface area contributed by atoms with Crippen molar-refractivity contribution in [1.29, 1.82) is 0 Å². The molecule has 0 unspecified atom stereocenters. The van der Waals surface area contributed by atoms with Crippen LogP contribution >= 0.6 is 34.8 Å². The van der Waals surface area contributed by atoms with E-state index in [1.807, 2.05) is 0 Å². The molecule has 2 rings (SSSR count). The van der Waals surface area contributed by atoms with Gasteiger partial charge in [0.2, 0.25) is 0 Å². The number of halogens is 4. The SMILES string of the molecule is O=C(O)c1c(Cl)nc2cc(Cl)c(F)cc2c1CCl. The number of benzene rings is 1. The number of aromatic carboxylic acids is 1. The second-order valence-corrected chi connectivity index (χ2v) is 4.51. The number of aromatic nitrogens is 1. The number of hydrogen-bond acceptors (Lipinski definition) is 2. The number of carboxylic acid groups (broad SMARTS) is 1. The van der Waals surface area contributed by atoms with Gasteiger partial charge in [-0.05, 0) is 17.7 Å². The molecular formula is C11H5Cl3FNO2. The van der Waals surface area contributed by atoms with E-state index in [0.29, 0.717) is 5.52 Å². The minimum Gasteiger partial charge on any atom is -0.478 e. The highest BCUT2D eigenvalue weighted by Crippen LogP contribution is 2.31. The van der Waals surface area contributed by atoms with Crippen molar-refractivity contribution in [3.05, 3.63) is 39.3 Å². The van der Waals surface area contributed by atoms with Crippen LogP contribution in [0.3, 0.4) is 0 Å². The van der Waals surface area contributed by atoms with E-state index in [4.69, 9.17) is 39.9 Å². The molecule has 0 saturated carbocycles. The summed E-state index contributed by atoms with van der Waals surface area (Å²) in [5, 5.41) is 9.03. The smallest absolute Gasteiger partial charge is 0.339 e. The third-order valence-electron chi connectivity index (χ3n) is 2.44. The maximum atomic E-state index is 13.4. The van der Waals surface area contributed by atoms with Crippen LogP contribution < -0.4 is 0 Å². The Morgan fingerprint density at radius 1 is 1.39 bits per heavy atom. The van der Waals surface area contributed by atoms with Crippen LogP contribution in [0.5, 0.6) is 0 Å². The van der Waals surface area contributed by atoms with Gasteiger partial charge in [0.15, 0.2) is 0 Å². The molecule has 1 aromatic heterocycles. The molecule has 0 atom stereocenters. The average molecular weight is 309 g/mol. The molecule has 18 heavy (non-hydrogen) atoms. The van der Waals surface area contributed by atoms with Gasteiger partial charge in [-0.15, -0.1) is 11.6 Å². The zero-order valence-corrected chi connectivity index (χ0v) is 10.9. The number of carbonyl (C=O) groups is 1. The molecule has 2 aromatic rings. The highest BCUT2D eigenvalue weighted by atomic mass is 35.5. The third-order valence-corrected chi connectivity index (χ3v) is 3.27. The van der Waals surface area contributed by atoms with Crippen molar-refractivity contribution >= 4 is 51.7 Å². The topological polar surface area (TPSA) is 50.2 Å². The van der Waals surface area contributed by atoms with Gasteiger partial charge >= 0.3 is 5.97 Å². The van der Waals surface area contributed by atoms with Crippen LogP contribution in [0.4, 0.5) is 4.39 Å². The largest absolute Gasteiger partial charge is 0.478 e. The number of pyridine rings is 1. The Bertz CT molecular complexity index is 661. The monoisotopic (exact) mass is 307 g/mol. The van der Waals surface area contributed by atoms with Gasteiger partial charge < -0.3 is 5.11 Å². The van der Waals surface area contributed by atoms with Gasteiger partial charge in [-0.2, -0.15) is 0 Å². The van der Waals surface area contributed by atoms with Crippen molar-refractivity contribution < 1.29 is 14.3 Å². The summed E-state index contributed by atoms with van der Waals surface area (Å²) in [5.41, 5.74) is 0.294. The predicted octanol–water partition coefficient (Wildman–Crippen LogP) is 4.12. The Kier molecular flexibility index (Phi) is 3.61. The molecule has 0 fully saturated rings. The Hall–Kier alpha value is -1.10. The fourth-order valence-corrected chi connectivity index (χ4v) is 2.37. The van der Waals surface area contributed by atoms with Gasteiger partial charge in [0.05, 0.1) is 10.5 Å². The molecule has 0 radical (unpaired) electrons. The fraction of sp³-hybridized carbons (Fsp3) is 0.0909. The summed E-state index contributed by atoms with van der Waals surface area (Å²) in [4.78, 5) is 15.0. The lowest BCUT2D eigenvalue weighted by molar-refractivity contribution is 0.0696. The van der Waals surface area contributed by atoms with E-state index in [0.717, 1.165) is 6.07 Å². The zero-order chi connectivity index (χ0) is 13.4. The molecule has 0 saturated heterocycles. The van der Waals surface area contributed by atoms with Gasteiger partial charge in [-0.25, -0.2) is 14.2 Å². The average Bonchev–Trinajstić information content (AvgIpc) is 2.29. The Morgan fingerprint density at radius 2 is 2.06 bits per heavy atom. The van der Waals surface area contributed by atoms with Crippen molar-refractivity contribution in [2.24, 2.45) is 0 Å². The molecule has 94 valence electrons. The summed E-state index contributed by atoms with van der Waals surface area (Å²) in [5.74, 6) is -2.06. The van der Waals surface area contributed by atoms with Crippen LogP contribution in [0.2, 0.25) is 10.2 Å². The molecule has 0 aliphatic heterocycles. The van der Waals surface area contributed by atoms with E-state index in [9.17, 15) is 9.18 Å². The fourth-order valence-electron chi connectivity index (χ4n) is 1.65. The number of rotatable bonds is 2. The van der Waals surface area contributed by atoms with E-state index < -0.39 is 11.8 Å². The Labute approximate surface area is 116 Å². The first-order valence-corrected chi connectivity index (χ1v) is 6.01. The van der Waals surface area contributed by atoms with Crippen LogP contribution in [-0.2, 0) is 5.88 Å². The van der Waals surface area contributed by atoms with Gasteiger partial charge in [0.1, 0.15) is 16.5 Å². The Balaban J connectivity index is 2.94. The second kappa shape index (κ2) is 4.88. The van der Waals surface area contributed by atoms with Crippen molar-refractivity contribution in [2.75, 3.05) is 0 Å². The summed E-state index contributed by atoms with van der Waals surface area (Å²) in [6.07, 6.45) is 0. The molecule has 0 aliphatic carbocycles. The molecule has 1 heterocycles. The highest BCUT2D eigenvalue weighted by Gasteiger charge is 2.20. The zero-order valence-electron chi connectivity index (χ0n) is 8.68. The van der Waals surface area contributed by atoms with E-state index in [-0.39, 0.29) is 32.6 Å². The van der Waals surface area contributed by atoms with Gasteiger partial charge in [0.25, 0.3) is 0 Å². The molecule has 3 nitrogen and oxygen atoms in total. The van der Waals surface area contributed by atoms with Crippen LogP contribution in [0.25, 0.3) is 10.9 Å². The standard InChI is InChI=1S/C11H5Cl3FNO2/c12-3-5-4-1-7(15)6(13)2-8(4)16-10(14)9(5)11(17)18/h1-2H,3H2,(H,17,18). The molecule has 7 heteroatoms. The van der Waals surface area contributed by atoms with E-state index >= 15 is 0 Å². The lowest BCUT2D eigenvalue weighted by Crippen LogP contribution is -2.05. The minimum atomic E-state index is -1.26. The maximum Gasteiger partial charge on any atom is 0.339 e. The molecule has 0 bridgehead atoms. The van der Waals surface area contributed by atoms with Crippen molar-refractivity contribution in [1.82, 2.24) is 4.98 Å². The first kappa shape index (κ1) is 13.3. The van der Waals surface area contributed by atoms with Gasteiger partial charge in [-0.3, -0.25) is 0 Å². The molecule has 0 aliphatic rings. The number of nitrogens with zero attached hydrogens (tertiary/aromatic N) is 1. The number of carboxylic acids is 1. The summed E-state index contributed by atoms with van der Waals surface area (Å²) in [6.45, 7) is 0. The number of hydrogen-bond donors (Lipinski definition) is 1. The summed E-state index contributed by atoms with van der Waals surface area (Å²) in [6, 6.07) is 2.38. The predicted molar refractivity (Wildman–Crippen MR) is 68.2 cm³/mol. The molecule has 1 N–H and O–H groups in total. The highest BCUT2D eigenvalue weighted by molar-refractivity contribution is 6.34. The second-order valence-electron chi connectivity index (χ2n) is 3.48. The lowest BCUT2D eigenvalue weighted by atomic mass is 10.0. The first-order chi connectivity index (χ1) is 8.45. The maximum absolute atomic E-state index is 13.4. The van der Waals surface area contributed by atoms with Crippen LogP contribution in [0.15, 0.2) is 12.1 Å². The molecule has 1 aromatic carbocycles. The Morgan fingerprint density at radius 3 is 2.61 bits per heavy atom.